The Morgan fingerprint density at radius 3 is 2.18 bits per heavy atom. The maximum absolute atomic E-state index is 13.9. The van der Waals surface area contributed by atoms with E-state index in [0.29, 0.717) is 11.4 Å². The molecule has 3 rings (SSSR count). The van der Waals surface area contributed by atoms with Crippen molar-refractivity contribution >= 4 is 27.5 Å². The van der Waals surface area contributed by atoms with E-state index in [1.807, 2.05) is 26.8 Å². The molecule has 38 heavy (non-hydrogen) atoms. The summed E-state index contributed by atoms with van der Waals surface area (Å²) in [6.45, 7) is 6.79. The zero-order valence-corrected chi connectivity index (χ0v) is 23.2. The molecule has 0 aliphatic carbocycles. The SMILES string of the molecule is COc1cccc(CN(C(=O)CN(c2ccccc2)S(=O)(=O)c2ccc(C)cc2)C(C)C(=O)NC(C)C)c1. The monoisotopic (exact) mass is 537 g/mol. The molecule has 0 bridgehead atoms. The maximum atomic E-state index is 13.9. The molecule has 0 radical (unpaired) electrons. The second-order valence-electron chi connectivity index (χ2n) is 9.37. The van der Waals surface area contributed by atoms with Crippen LogP contribution in [0.15, 0.2) is 83.8 Å². The first-order valence-corrected chi connectivity index (χ1v) is 13.8. The number of amides is 2. The molecule has 9 heteroatoms. The van der Waals surface area contributed by atoms with Crippen molar-refractivity contribution in [1.82, 2.24) is 10.2 Å². The van der Waals surface area contributed by atoms with Gasteiger partial charge in [0.25, 0.3) is 10.0 Å². The average molecular weight is 538 g/mol. The first-order valence-electron chi connectivity index (χ1n) is 12.4. The number of rotatable bonds is 11. The molecule has 0 saturated heterocycles. The first kappa shape index (κ1) is 28.7. The minimum absolute atomic E-state index is 0.0738. The van der Waals surface area contributed by atoms with E-state index in [1.165, 1.54) is 17.0 Å². The molecule has 3 aromatic rings. The Labute approximate surface area is 225 Å². The van der Waals surface area contributed by atoms with Crippen LogP contribution in [0.5, 0.6) is 5.75 Å². The van der Waals surface area contributed by atoms with E-state index in [-0.39, 0.29) is 23.4 Å². The van der Waals surface area contributed by atoms with Gasteiger partial charge in [0, 0.05) is 12.6 Å². The number of benzene rings is 3. The predicted octanol–water partition coefficient (Wildman–Crippen LogP) is 4.14. The van der Waals surface area contributed by atoms with Gasteiger partial charge in [0.15, 0.2) is 0 Å². The topological polar surface area (TPSA) is 96.0 Å². The summed E-state index contributed by atoms with van der Waals surface area (Å²) in [6.07, 6.45) is 0. The number of sulfonamides is 1. The molecular formula is C29H35N3O5S. The van der Waals surface area contributed by atoms with Gasteiger partial charge in [0.05, 0.1) is 17.7 Å². The normalized spacial score (nSPS) is 12.1. The summed E-state index contributed by atoms with van der Waals surface area (Å²) in [4.78, 5) is 28.3. The third kappa shape index (κ3) is 7.13. The fourth-order valence-electron chi connectivity index (χ4n) is 3.92. The molecule has 2 amide bonds. The molecule has 1 N–H and O–H groups in total. The Hall–Kier alpha value is -3.85. The van der Waals surface area contributed by atoms with Gasteiger partial charge in [0.2, 0.25) is 11.8 Å². The fraction of sp³-hybridized carbons (Fsp3) is 0.310. The third-order valence-electron chi connectivity index (χ3n) is 6.02. The molecule has 0 aliphatic rings. The number of nitrogens with one attached hydrogen (secondary N) is 1. The summed E-state index contributed by atoms with van der Waals surface area (Å²) in [5.41, 5.74) is 2.01. The van der Waals surface area contributed by atoms with Crippen LogP contribution < -0.4 is 14.4 Å². The summed E-state index contributed by atoms with van der Waals surface area (Å²) in [5.74, 6) is -0.232. The Morgan fingerprint density at radius 1 is 0.921 bits per heavy atom. The lowest BCUT2D eigenvalue weighted by molar-refractivity contribution is -0.139. The lowest BCUT2D eigenvalue weighted by atomic mass is 10.1. The van der Waals surface area contributed by atoms with Crippen molar-refractivity contribution in [3.63, 3.8) is 0 Å². The van der Waals surface area contributed by atoms with Crippen LogP contribution in [0.2, 0.25) is 0 Å². The molecule has 0 fully saturated rings. The van der Waals surface area contributed by atoms with Crippen molar-refractivity contribution in [3.05, 3.63) is 90.0 Å². The predicted molar refractivity (Wildman–Crippen MR) is 148 cm³/mol. The number of nitrogens with zero attached hydrogens (tertiary/aromatic N) is 2. The molecule has 1 atom stereocenters. The number of carbonyl (C=O) groups excluding carboxylic acids is 2. The minimum atomic E-state index is -4.08. The van der Waals surface area contributed by atoms with E-state index in [2.05, 4.69) is 5.32 Å². The van der Waals surface area contributed by atoms with Crippen LogP contribution in [0, 0.1) is 6.92 Å². The van der Waals surface area contributed by atoms with Gasteiger partial charge in [-0.2, -0.15) is 0 Å². The highest BCUT2D eigenvalue weighted by atomic mass is 32.2. The molecular weight excluding hydrogens is 502 g/mol. The van der Waals surface area contributed by atoms with Crippen molar-refractivity contribution < 1.29 is 22.7 Å². The molecule has 3 aromatic carbocycles. The van der Waals surface area contributed by atoms with Crippen LogP contribution in [0.4, 0.5) is 5.69 Å². The van der Waals surface area contributed by atoms with E-state index >= 15 is 0 Å². The summed E-state index contributed by atoms with van der Waals surface area (Å²) in [7, 11) is -2.53. The van der Waals surface area contributed by atoms with E-state index in [4.69, 9.17) is 4.74 Å². The lowest BCUT2D eigenvalue weighted by Crippen LogP contribution is -2.52. The van der Waals surface area contributed by atoms with E-state index in [1.54, 1.807) is 74.7 Å². The van der Waals surface area contributed by atoms with Crippen molar-refractivity contribution in [2.45, 2.75) is 51.2 Å². The second-order valence-corrected chi connectivity index (χ2v) is 11.2. The molecule has 1 unspecified atom stereocenters. The highest BCUT2D eigenvalue weighted by Crippen LogP contribution is 2.25. The zero-order chi connectivity index (χ0) is 27.9. The quantitative estimate of drug-likeness (QED) is 0.397. The van der Waals surface area contributed by atoms with Gasteiger partial charge in [-0.3, -0.25) is 13.9 Å². The van der Waals surface area contributed by atoms with Gasteiger partial charge in [-0.1, -0.05) is 48.0 Å². The minimum Gasteiger partial charge on any atom is -0.497 e. The smallest absolute Gasteiger partial charge is 0.264 e. The van der Waals surface area contributed by atoms with Crippen LogP contribution in [-0.2, 0) is 26.2 Å². The van der Waals surface area contributed by atoms with Gasteiger partial charge in [0.1, 0.15) is 18.3 Å². The largest absolute Gasteiger partial charge is 0.497 e. The van der Waals surface area contributed by atoms with E-state index < -0.39 is 28.5 Å². The standard InChI is InChI=1S/C29H35N3O5S/c1-21(2)30-29(34)23(4)31(19-24-10-9-13-26(18-24)37-5)28(33)20-32(25-11-7-6-8-12-25)38(35,36)27-16-14-22(3)15-17-27/h6-18,21,23H,19-20H2,1-5H3,(H,30,34). The molecule has 202 valence electrons. The summed E-state index contributed by atoms with van der Waals surface area (Å²) in [6, 6.07) is 21.2. The first-order chi connectivity index (χ1) is 18.0. The van der Waals surface area contributed by atoms with Crippen LogP contribution in [0.25, 0.3) is 0 Å². The number of hydrogen-bond acceptors (Lipinski definition) is 5. The number of methoxy groups -OCH3 is 1. The van der Waals surface area contributed by atoms with E-state index in [9.17, 15) is 18.0 Å². The van der Waals surface area contributed by atoms with Crippen LogP contribution in [0.3, 0.4) is 0 Å². The molecule has 0 spiro atoms. The molecule has 8 nitrogen and oxygen atoms in total. The number of aryl methyl sites for hydroxylation is 1. The number of para-hydroxylation sites is 1. The number of carbonyl (C=O) groups is 2. The summed E-state index contributed by atoms with van der Waals surface area (Å²) >= 11 is 0. The molecule has 0 aliphatic heterocycles. The van der Waals surface area contributed by atoms with Gasteiger partial charge in [-0.05, 0) is 69.7 Å². The van der Waals surface area contributed by atoms with Crippen molar-refractivity contribution in [3.8, 4) is 5.75 Å². The lowest BCUT2D eigenvalue weighted by Gasteiger charge is -2.32. The summed E-state index contributed by atoms with van der Waals surface area (Å²) in [5, 5.41) is 2.84. The van der Waals surface area contributed by atoms with Gasteiger partial charge in [-0.25, -0.2) is 8.42 Å². The zero-order valence-electron chi connectivity index (χ0n) is 22.4. The molecule has 0 heterocycles. The van der Waals surface area contributed by atoms with Gasteiger partial charge >= 0.3 is 0 Å². The van der Waals surface area contributed by atoms with Crippen molar-refractivity contribution in [2.24, 2.45) is 0 Å². The van der Waals surface area contributed by atoms with Gasteiger partial charge < -0.3 is 15.0 Å². The Bertz CT molecular complexity index is 1340. The number of hydrogen-bond donors (Lipinski definition) is 1. The average Bonchev–Trinajstić information content (AvgIpc) is 2.90. The Kier molecular flexibility index (Phi) is 9.52. The van der Waals surface area contributed by atoms with Crippen LogP contribution in [0.1, 0.15) is 31.9 Å². The van der Waals surface area contributed by atoms with E-state index in [0.717, 1.165) is 15.4 Å². The Morgan fingerprint density at radius 2 is 1.58 bits per heavy atom. The van der Waals surface area contributed by atoms with Crippen LogP contribution >= 0.6 is 0 Å². The summed E-state index contributed by atoms with van der Waals surface area (Å²) < 4.78 is 33.9. The second kappa shape index (κ2) is 12.6. The highest BCUT2D eigenvalue weighted by molar-refractivity contribution is 7.92. The maximum Gasteiger partial charge on any atom is 0.264 e. The Balaban J connectivity index is 2.01. The number of ether oxygens (including phenoxy) is 1. The van der Waals surface area contributed by atoms with Crippen molar-refractivity contribution in [2.75, 3.05) is 18.0 Å². The van der Waals surface area contributed by atoms with Crippen molar-refractivity contribution in [1.29, 1.82) is 0 Å². The molecule has 0 aromatic heterocycles. The molecule has 0 saturated carbocycles. The van der Waals surface area contributed by atoms with Gasteiger partial charge in [-0.15, -0.1) is 0 Å². The number of anilines is 1. The highest BCUT2D eigenvalue weighted by Gasteiger charge is 2.32. The third-order valence-corrected chi connectivity index (χ3v) is 7.81. The fourth-order valence-corrected chi connectivity index (χ4v) is 5.33. The van der Waals surface area contributed by atoms with Crippen LogP contribution in [-0.4, -0.2) is 50.9 Å².